The number of aliphatic hydroxyl groups is 1. The molecule has 2 aliphatic heterocycles. The zero-order chi connectivity index (χ0) is 13.3. The number of rotatable bonds is 3. The van der Waals surface area contributed by atoms with E-state index in [2.05, 4.69) is 5.29 Å². The van der Waals surface area contributed by atoms with Gasteiger partial charge in [-0.15, -0.1) is 4.91 Å². The second kappa shape index (κ2) is 4.89. The molecule has 2 heterocycles. The Bertz CT molecular complexity index is 375. The Labute approximate surface area is 103 Å². The summed E-state index contributed by atoms with van der Waals surface area (Å²) >= 11 is 0. The van der Waals surface area contributed by atoms with E-state index >= 15 is 0 Å². The van der Waals surface area contributed by atoms with Gasteiger partial charge in [-0.1, -0.05) is 0 Å². The number of likely N-dealkylation sites (tertiary alicyclic amines) is 1. The van der Waals surface area contributed by atoms with E-state index in [-0.39, 0.29) is 13.0 Å². The van der Waals surface area contributed by atoms with E-state index in [0.29, 0.717) is 19.4 Å². The van der Waals surface area contributed by atoms with Crippen LogP contribution in [-0.4, -0.2) is 63.3 Å². The highest BCUT2D eigenvalue weighted by molar-refractivity contribution is 5.87. The predicted octanol–water partition coefficient (Wildman–Crippen LogP) is -0.821. The molecular weight excluding hydrogens is 242 g/mol. The van der Waals surface area contributed by atoms with Crippen LogP contribution in [0.15, 0.2) is 5.29 Å². The molecule has 0 spiro atoms. The number of carboxylic acid groups (broad SMARTS) is 1. The second-order valence-corrected chi connectivity index (χ2v) is 4.64. The lowest BCUT2D eigenvalue weighted by Gasteiger charge is -2.26. The SMILES string of the molecule is O=NN1CCC[C@H]1C(=O)N1CC(O)C[C@H]1C(=O)O. The Kier molecular flexibility index (Phi) is 3.46. The van der Waals surface area contributed by atoms with Crippen LogP contribution >= 0.6 is 0 Å². The van der Waals surface area contributed by atoms with Crippen molar-refractivity contribution in [2.75, 3.05) is 13.1 Å². The van der Waals surface area contributed by atoms with Gasteiger partial charge in [0.25, 0.3) is 0 Å². The van der Waals surface area contributed by atoms with Crippen LogP contribution in [0, 0.1) is 4.91 Å². The summed E-state index contributed by atoms with van der Waals surface area (Å²) in [6.45, 7) is 0.410. The maximum absolute atomic E-state index is 12.2. The summed E-state index contributed by atoms with van der Waals surface area (Å²) in [4.78, 5) is 34.9. The molecule has 2 fully saturated rings. The Morgan fingerprint density at radius 3 is 2.61 bits per heavy atom. The Morgan fingerprint density at radius 2 is 2.00 bits per heavy atom. The maximum atomic E-state index is 12.2. The Hall–Kier alpha value is -1.70. The molecule has 100 valence electrons. The van der Waals surface area contributed by atoms with Gasteiger partial charge in [0.15, 0.2) is 0 Å². The fourth-order valence-electron chi connectivity index (χ4n) is 2.58. The van der Waals surface area contributed by atoms with E-state index in [0.717, 1.165) is 9.91 Å². The number of hydrogen-bond donors (Lipinski definition) is 2. The maximum Gasteiger partial charge on any atom is 0.326 e. The van der Waals surface area contributed by atoms with Gasteiger partial charge in [0.2, 0.25) is 5.91 Å². The number of aliphatic carboxylic acids is 1. The van der Waals surface area contributed by atoms with Gasteiger partial charge in [0.05, 0.1) is 11.4 Å². The lowest BCUT2D eigenvalue weighted by molar-refractivity contribution is -0.150. The van der Waals surface area contributed by atoms with Crippen molar-refractivity contribution in [2.24, 2.45) is 5.29 Å². The zero-order valence-corrected chi connectivity index (χ0v) is 9.73. The molecule has 2 saturated heterocycles. The van der Waals surface area contributed by atoms with Crippen LogP contribution in [-0.2, 0) is 9.59 Å². The smallest absolute Gasteiger partial charge is 0.326 e. The summed E-state index contributed by atoms with van der Waals surface area (Å²) in [5.74, 6) is -1.57. The molecule has 0 saturated carbocycles. The molecule has 0 aromatic heterocycles. The van der Waals surface area contributed by atoms with Gasteiger partial charge in [0.1, 0.15) is 12.1 Å². The van der Waals surface area contributed by atoms with Crippen molar-refractivity contribution in [1.29, 1.82) is 0 Å². The van der Waals surface area contributed by atoms with E-state index in [9.17, 15) is 19.6 Å². The van der Waals surface area contributed by atoms with Crippen molar-refractivity contribution in [2.45, 2.75) is 37.5 Å². The highest BCUT2D eigenvalue weighted by Crippen LogP contribution is 2.25. The van der Waals surface area contributed by atoms with E-state index in [1.807, 2.05) is 0 Å². The monoisotopic (exact) mass is 257 g/mol. The van der Waals surface area contributed by atoms with E-state index in [1.54, 1.807) is 0 Å². The lowest BCUT2D eigenvalue weighted by atomic mass is 10.1. The normalized spacial score (nSPS) is 31.7. The number of aliphatic hydroxyl groups excluding tert-OH is 1. The third kappa shape index (κ3) is 2.15. The number of hydrogen-bond acceptors (Lipinski definition) is 5. The fraction of sp³-hybridized carbons (Fsp3) is 0.800. The first-order valence-corrected chi connectivity index (χ1v) is 5.86. The second-order valence-electron chi connectivity index (χ2n) is 4.64. The third-order valence-electron chi connectivity index (χ3n) is 3.46. The average Bonchev–Trinajstić information content (AvgIpc) is 2.93. The standard InChI is InChI=1S/C10H15N3O5/c14-6-4-8(10(16)17)12(5-6)9(15)7-2-1-3-13(7)11-18/h6-8,14H,1-5H2,(H,16,17)/t6?,7-,8-/m0/s1. The zero-order valence-electron chi connectivity index (χ0n) is 9.73. The predicted molar refractivity (Wildman–Crippen MR) is 59.3 cm³/mol. The number of carbonyl (C=O) groups is 2. The molecule has 2 N–H and O–H groups in total. The molecule has 3 atom stereocenters. The molecule has 0 aliphatic carbocycles. The van der Waals surface area contributed by atoms with Crippen molar-refractivity contribution in [3.05, 3.63) is 4.91 Å². The highest BCUT2D eigenvalue weighted by atomic mass is 16.4. The molecule has 2 aliphatic rings. The Balaban J connectivity index is 2.12. The van der Waals surface area contributed by atoms with Gasteiger partial charge >= 0.3 is 5.97 Å². The summed E-state index contributed by atoms with van der Waals surface area (Å²) in [5.41, 5.74) is 0. The number of β-amino-alcohol motifs (C(OH)–C–C–N with tert-alkyl or cyclic N) is 1. The highest BCUT2D eigenvalue weighted by Gasteiger charge is 2.43. The number of nitrogens with zero attached hydrogens (tertiary/aromatic N) is 3. The summed E-state index contributed by atoms with van der Waals surface area (Å²) in [7, 11) is 0. The van der Waals surface area contributed by atoms with Crippen LogP contribution in [0.1, 0.15) is 19.3 Å². The van der Waals surface area contributed by atoms with Crippen molar-refractivity contribution in [3.63, 3.8) is 0 Å². The first-order chi connectivity index (χ1) is 8.54. The summed E-state index contributed by atoms with van der Waals surface area (Å²) in [6.07, 6.45) is 0.372. The molecule has 2 rings (SSSR count). The number of carboxylic acids is 1. The van der Waals surface area contributed by atoms with E-state index in [4.69, 9.17) is 5.11 Å². The van der Waals surface area contributed by atoms with Gasteiger partial charge in [-0.3, -0.25) is 4.79 Å². The number of nitroso groups, excluding NO2 is 1. The van der Waals surface area contributed by atoms with Crippen molar-refractivity contribution in [1.82, 2.24) is 9.91 Å². The first kappa shape index (κ1) is 12.7. The van der Waals surface area contributed by atoms with Gasteiger partial charge in [-0.25, -0.2) is 9.80 Å². The lowest BCUT2D eigenvalue weighted by Crippen LogP contribution is -2.48. The Morgan fingerprint density at radius 1 is 1.28 bits per heavy atom. The van der Waals surface area contributed by atoms with Gasteiger partial charge in [-0.05, 0) is 12.8 Å². The molecule has 0 aromatic rings. The minimum atomic E-state index is -1.14. The number of carbonyl (C=O) groups excluding carboxylic acids is 1. The van der Waals surface area contributed by atoms with Crippen LogP contribution in [0.2, 0.25) is 0 Å². The minimum Gasteiger partial charge on any atom is -0.480 e. The van der Waals surface area contributed by atoms with Crippen molar-refractivity contribution < 1.29 is 19.8 Å². The number of amides is 1. The molecule has 18 heavy (non-hydrogen) atoms. The van der Waals surface area contributed by atoms with Crippen LogP contribution in [0.4, 0.5) is 0 Å². The topological polar surface area (TPSA) is 111 Å². The summed E-state index contributed by atoms with van der Waals surface area (Å²) in [6, 6.07) is -1.70. The van der Waals surface area contributed by atoms with Gasteiger partial charge in [0, 0.05) is 19.5 Å². The fourth-order valence-corrected chi connectivity index (χ4v) is 2.58. The van der Waals surface area contributed by atoms with Crippen molar-refractivity contribution >= 4 is 11.9 Å². The average molecular weight is 257 g/mol. The molecule has 0 bridgehead atoms. The van der Waals surface area contributed by atoms with Crippen molar-refractivity contribution in [3.8, 4) is 0 Å². The van der Waals surface area contributed by atoms with E-state index in [1.165, 1.54) is 0 Å². The quantitative estimate of drug-likeness (QED) is 0.639. The van der Waals surface area contributed by atoms with Crippen LogP contribution in [0.3, 0.4) is 0 Å². The first-order valence-electron chi connectivity index (χ1n) is 5.86. The van der Waals surface area contributed by atoms with Crippen LogP contribution in [0.5, 0.6) is 0 Å². The largest absolute Gasteiger partial charge is 0.480 e. The van der Waals surface area contributed by atoms with Gasteiger partial charge in [-0.2, -0.15) is 0 Å². The molecule has 1 unspecified atom stereocenters. The van der Waals surface area contributed by atoms with Crippen LogP contribution < -0.4 is 0 Å². The third-order valence-corrected chi connectivity index (χ3v) is 3.46. The van der Waals surface area contributed by atoms with E-state index < -0.39 is 30.1 Å². The molecular formula is C10H15N3O5. The summed E-state index contributed by atoms with van der Waals surface area (Å²) in [5, 5.41) is 22.4. The molecule has 8 nitrogen and oxygen atoms in total. The molecule has 0 aromatic carbocycles. The van der Waals surface area contributed by atoms with Gasteiger partial charge < -0.3 is 15.1 Å². The molecule has 1 amide bonds. The molecule has 0 radical (unpaired) electrons. The molecule has 8 heteroatoms. The summed E-state index contributed by atoms with van der Waals surface area (Å²) < 4.78 is 0. The van der Waals surface area contributed by atoms with Crippen LogP contribution in [0.25, 0.3) is 0 Å². The minimum absolute atomic E-state index is 0.000995.